The number of aromatic hydroxyl groups is 1. The quantitative estimate of drug-likeness (QED) is 0.379. The van der Waals surface area contributed by atoms with Crippen molar-refractivity contribution >= 4 is 27.6 Å². The molecule has 0 saturated carbocycles. The van der Waals surface area contributed by atoms with Crippen LogP contribution in [0.4, 0.5) is 11.6 Å². The molecule has 1 aliphatic heterocycles. The van der Waals surface area contributed by atoms with E-state index >= 15 is 0 Å². The fourth-order valence-corrected chi connectivity index (χ4v) is 4.29. The monoisotopic (exact) mass is 454 g/mol. The highest BCUT2D eigenvalue weighted by molar-refractivity contribution is 7.92. The van der Waals surface area contributed by atoms with Gasteiger partial charge in [0.2, 0.25) is 11.9 Å². The van der Waals surface area contributed by atoms with Gasteiger partial charge in [0.1, 0.15) is 11.8 Å². The van der Waals surface area contributed by atoms with Gasteiger partial charge >= 0.3 is 0 Å². The van der Waals surface area contributed by atoms with Crippen LogP contribution in [0.1, 0.15) is 23.7 Å². The number of benzene rings is 2. The van der Waals surface area contributed by atoms with Gasteiger partial charge in [0.25, 0.3) is 10.0 Å². The minimum Gasteiger partial charge on any atom is -0.508 e. The van der Waals surface area contributed by atoms with E-state index in [2.05, 4.69) is 30.9 Å². The number of phenolic OH excluding ortho intramolecular Hbond substituents is 1. The highest BCUT2D eigenvalue weighted by Gasteiger charge is 2.31. The summed E-state index contributed by atoms with van der Waals surface area (Å²) in [5.41, 5.74) is 7.73. The van der Waals surface area contributed by atoms with E-state index in [1.807, 2.05) is 6.07 Å². The molecule has 0 radical (unpaired) electrons. The molecule has 11 heteroatoms. The maximum Gasteiger partial charge on any atom is 0.264 e. The Bertz CT molecular complexity index is 1230. The van der Waals surface area contributed by atoms with Crippen molar-refractivity contribution in [2.45, 2.75) is 30.3 Å². The first kappa shape index (κ1) is 21.7. The number of sulfonamides is 1. The molecule has 2 aromatic carbocycles. The van der Waals surface area contributed by atoms with Gasteiger partial charge in [-0.3, -0.25) is 4.79 Å². The summed E-state index contributed by atoms with van der Waals surface area (Å²) in [5.74, 6) is -0.132. The number of rotatable bonds is 6. The smallest absolute Gasteiger partial charge is 0.264 e. The number of hydrogen-bond acceptors (Lipinski definition) is 8. The predicted molar refractivity (Wildman–Crippen MR) is 118 cm³/mol. The van der Waals surface area contributed by atoms with Crippen LogP contribution in [0.25, 0.3) is 0 Å². The van der Waals surface area contributed by atoms with Gasteiger partial charge in [-0.15, -0.1) is 0 Å². The molecular weight excluding hydrogens is 432 g/mol. The van der Waals surface area contributed by atoms with Crippen molar-refractivity contribution < 1.29 is 18.3 Å². The molecule has 1 saturated heterocycles. The first-order valence-corrected chi connectivity index (χ1v) is 11.3. The van der Waals surface area contributed by atoms with Crippen molar-refractivity contribution in [3.63, 3.8) is 0 Å². The number of anilines is 2. The first-order valence-electron chi connectivity index (χ1n) is 9.84. The molecule has 1 aliphatic rings. The number of carbonyl (C=O) groups excluding carboxylic acids is 1. The van der Waals surface area contributed by atoms with Crippen molar-refractivity contribution in [3.05, 3.63) is 72.1 Å². The molecule has 32 heavy (non-hydrogen) atoms. The lowest BCUT2D eigenvalue weighted by molar-refractivity contribution is -0.117. The number of aryl methyl sites for hydroxylation is 1. The maximum atomic E-state index is 12.6. The average Bonchev–Trinajstić information content (AvgIpc) is 3.24. The van der Waals surface area contributed by atoms with Crippen LogP contribution in [-0.4, -0.2) is 35.4 Å². The lowest BCUT2D eigenvalue weighted by atomic mass is 10.0. The molecule has 0 bridgehead atoms. The van der Waals surface area contributed by atoms with E-state index < -0.39 is 16.1 Å². The van der Waals surface area contributed by atoms with Gasteiger partial charge in [-0.2, -0.15) is 0 Å². The SMILES string of the molecule is Cc1ccnc(NS(=O)(=O)c2ccc(NC(=O)C3CC(c4ccccc4O)NN3)cc2)n1. The molecule has 166 valence electrons. The lowest BCUT2D eigenvalue weighted by Gasteiger charge is -2.12. The van der Waals surface area contributed by atoms with Gasteiger partial charge in [0, 0.05) is 23.1 Å². The number of aromatic nitrogens is 2. The Kier molecular flexibility index (Phi) is 6.04. The summed E-state index contributed by atoms with van der Waals surface area (Å²) in [6.07, 6.45) is 1.91. The lowest BCUT2D eigenvalue weighted by Crippen LogP contribution is -2.39. The zero-order valence-corrected chi connectivity index (χ0v) is 17.9. The number of carbonyl (C=O) groups is 1. The summed E-state index contributed by atoms with van der Waals surface area (Å²) in [6, 6.07) is 13.7. The Labute approximate surface area is 185 Å². The zero-order valence-electron chi connectivity index (χ0n) is 17.1. The minimum absolute atomic E-state index is 0.0128. The fraction of sp³-hybridized carbons (Fsp3) is 0.190. The fourth-order valence-electron chi connectivity index (χ4n) is 3.34. The molecule has 1 fully saturated rings. The van der Waals surface area contributed by atoms with Crippen LogP contribution in [0.15, 0.2) is 65.7 Å². The molecule has 2 heterocycles. The van der Waals surface area contributed by atoms with Crippen LogP contribution in [0.5, 0.6) is 5.75 Å². The normalized spacial score (nSPS) is 18.3. The highest BCUT2D eigenvalue weighted by atomic mass is 32.2. The Hall–Kier alpha value is -3.54. The highest BCUT2D eigenvalue weighted by Crippen LogP contribution is 2.29. The largest absolute Gasteiger partial charge is 0.508 e. The van der Waals surface area contributed by atoms with E-state index in [1.165, 1.54) is 30.5 Å². The van der Waals surface area contributed by atoms with Crippen molar-refractivity contribution in [3.8, 4) is 5.75 Å². The molecule has 2 unspecified atom stereocenters. The van der Waals surface area contributed by atoms with Gasteiger partial charge in [-0.25, -0.2) is 34.0 Å². The second-order valence-electron chi connectivity index (χ2n) is 7.33. The summed E-state index contributed by atoms with van der Waals surface area (Å²) in [7, 11) is -3.87. The molecule has 10 nitrogen and oxygen atoms in total. The molecule has 1 amide bonds. The van der Waals surface area contributed by atoms with Crippen LogP contribution in [0.3, 0.4) is 0 Å². The summed E-state index contributed by atoms with van der Waals surface area (Å²) >= 11 is 0. The average molecular weight is 455 g/mol. The second kappa shape index (κ2) is 8.91. The van der Waals surface area contributed by atoms with Crippen LogP contribution in [-0.2, 0) is 14.8 Å². The predicted octanol–water partition coefficient (Wildman–Crippen LogP) is 1.84. The van der Waals surface area contributed by atoms with E-state index in [1.54, 1.807) is 31.2 Å². The Balaban J connectivity index is 1.38. The van der Waals surface area contributed by atoms with E-state index in [-0.39, 0.29) is 28.5 Å². The summed E-state index contributed by atoms with van der Waals surface area (Å²) in [4.78, 5) is 20.6. The standard InChI is InChI=1S/C21H22N6O4S/c1-13-10-11-22-21(23-13)27-32(30,31)15-8-6-14(7-9-15)24-20(29)18-12-17(25-26-18)16-4-2-3-5-19(16)28/h2-11,17-18,25-26,28H,12H2,1H3,(H,24,29)(H,22,23,27). The van der Waals surface area contributed by atoms with Crippen LogP contribution < -0.4 is 20.9 Å². The number of nitrogens with zero attached hydrogens (tertiary/aromatic N) is 2. The van der Waals surface area contributed by atoms with Gasteiger partial charge in [0.15, 0.2) is 0 Å². The molecule has 4 rings (SSSR count). The molecular formula is C21H22N6O4S. The van der Waals surface area contributed by atoms with Crippen LogP contribution >= 0.6 is 0 Å². The number of phenols is 1. The molecule has 0 aliphatic carbocycles. The first-order chi connectivity index (χ1) is 15.3. The Morgan fingerprint density at radius 1 is 1.09 bits per heavy atom. The molecule has 2 atom stereocenters. The van der Waals surface area contributed by atoms with Crippen molar-refractivity contribution in [1.29, 1.82) is 0 Å². The van der Waals surface area contributed by atoms with Crippen molar-refractivity contribution in [2.75, 3.05) is 10.0 Å². The number of amides is 1. The topological polar surface area (TPSA) is 145 Å². The van der Waals surface area contributed by atoms with Crippen LogP contribution in [0.2, 0.25) is 0 Å². The summed E-state index contributed by atoms with van der Waals surface area (Å²) in [5, 5.41) is 12.8. The van der Waals surface area contributed by atoms with E-state index in [4.69, 9.17) is 0 Å². The number of hydrazine groups is 1. The van der Waals surface area contributed by atoms with E-state index in [0.29, 0.717) is 23.4 Å². The number of hydrogen-bond donors (Lipinski definition) is 5. The summed E-state index contributed by atoms with van der Waals surface area (Å²) < 4.78 is 27.4. The van der Waals surface area contributed by atoms with Crippen LogP contribution in [0, 0.1) is 6.92 Å². The Morgan fingerprint density at radius 2 is 1.84 bits per heavy atom. The molecule has 1 aromatic heterocycles. The summed E-state index contributed by atoms with van der Waals surface area (Å²) in [6.45, 7) is 1.73. The third-order valence-corrected chi connectivity index (χ3v) is 6.33. The zero-order chi connectivity index (χ0) is 22.7. The van der Waals surface area contributed by atoms with Gasteiger partial charge in [0.05, 0.1) is 10.9 Å². The molecule has 5 N–H and O–H groups in total. The van der Waals surface area contributed by atoms with Gasteiger partial charge in [-0.05, 0) is 49.7 Å². The van der Waals surface area contributed by atoms with Gasteiger partial charge < -0.3 is 10.4 Å². The van der Waals surface area contributed by atoms with E-state index in [9.17, 15) is 18.3 Å². The molecule has 3 aromatic rings. The maximum absolute atomic E-state index is 12.6. The third kappa shape index (κ3) is 4.85. The minimum atomic E-state index is -3.87. The van der Waals surface area contributed by atoms with Crippen molar-refractivity contribution in [2.24, 2.45) is 0 Å². The Morgan fingerprint density at radius 3 is 2.56 bits per heavy atom. The second-order valence-corrected chi connectivity index (χ2v) is 9.01. The third-order valence-electron chi connectivity index (χ3n) is 4.98. The van der Waals surface area contributed by atoms with Crippen molar-refractivity contribution in [1.82, 2.24) is 20.8 Å². The number of para-hydroxylation sites is 1. The van der Waals surface area contributed by atoms with Gasteiger partial charge in [-0.1, -0.05) is 18.2 Å². The molecule has 0 spiro atoms. The van der Waals surface area contributed by atoms with E-state index in [0.717, 1.165) is 0 Å². The number of nitrogens with one attached hydrogen (secondary N) is 4.